The van der Waals surface area contributed by atoms with Gasteiger partial charge >= 0.3 is 0 Å². The monoisotopic (exact) mass is 337 g/mol. The van der Waals surface area contributed by atoms with Crippen molar-refractivity contribution in [3.05, 3.63) is 41.2 Å². The molecule has 7 heteroatoms. The van der Waals surface area contributed by atoms with Gasteiger partial charge in [-0.2, -0.15) is 0 Å². The molecule has 0 spiro atoms. The molecule has 1 aliphatic carbocycles. The molecule has 3 rings (SSSR count). The van der Waals surface area contributed by atoms with E-state index in [9.17, 15) is 13.6 Å². The third kappa shape index (κ3) is 3.55. The van der Waals surface area contributed by atoms with Crippen LogP contribution in [0.4, 0.5) is 14.5 Å². The second-order valence-electron chi connectivity index (χ2n) is 5.63. The molecule has 1 saturated carbocycles. The standard InChI is InChI=1S/C16H17F2N3OS/c1-9-10(2)21(12-4-5-12)16(19-9)23-8-15(22)20-11-3-6-13(17)14(18)7-11/h3,6-7,12H,4-5,8H2,1-2H3,(H,20,22). The van der Waals surface area contributed by atoms with E-state index >= 15 is 0 Å². The van der Waals surface area contributed by atoms with E-state index in [1.807, 2.05) is 13.8 Å². The lowest BCUT2D eigenvalue weighted by Gasteiger charge is -2.08. The van der Waals surface area contributed by atoms with E-state index in [0.29, 0.717) is 6.04 Å². The van der Waals surface area contributed by atoms with Crippen LogP contribution in [0.2, 0.25) is 0 Å². The Morgan fingerprint density at radius 2 is 2.09 bits per heavy atom. The van der Waals surface area contributed by atoms with Crippen molar-refractivity contribution in [3.8, 4) is 0 Å². The van der Waals surface area contributed by atoms with Gasteiger partial charge in [0.25, 0.3) is 0 Å². The Labute approximate surface area is 137 Å². The number of aryl methyl sites for hydroxylation is 1. The number of amides is 1. The zero-order valence-corrected chi connectivity index (χ0v) is 13.7. The highest BCUT2D eigenvalue weighted by Crippen LogP contribution is 2.39. The molecule has 2 aromatic rings. The molecule has 23 heavy (non-hydrogen) atoms. The molecule has 1 amide bonds. The smallest absolute Gasteiger partial charge is 0.234 e. The molecule has 122 valence electrons. The minimum atomic E-state index is -0.981. The van der Waals surface area contributed by atoms with Crippen molar-refractivity contribution in [1.82, 2.24) is 9.55 Å². The first kappa shape index (κ1) is 16.0. The van der Waals surface area contributed by atoms with Gasteiger partial charge in [0, 0.05) is 23.5 Å². The van der Waals surface area contributed by atoms with Crippen LogP contribution in [0.1, 0.15) is 30.3 Å². The number of thioether (sulfide) groups is 1. The Morgan fingerprint density at radius 1 is 1.35 bits per heavy atom. The van der Waals surface area contributed by atoms with Gasteiger partial charge in [0.05, 0.1) is 11.4 Å². The van der Waals surface area contributed by atoms with Gasteiger partial charge in [0.2, 0.25) is 5.91 Å². The molecule has 1 fully saturated rings. The number of hydrogen-bond acceptors (Lipinski definition) is 3. The summed E-state index contributed by atoms with van der Waals surface area (Å²) in [7, 11) is 0. The third-order valence-corrected chi connectivity index (χ3v) is 4.75. The fourth-order valence-corrected chi connectivity index (χ4v) is 3.32. The second kappa shape index (κ2) is 6.31. The Hall–Kier alpha value is -1.89. The fraction of sp³-hybridized carbons (Fsp3) is 0.375. The average molecular weight is 337 g/mol. The fourth-order valence-electron chi connectivity index (χ4n) is 2.36. The van der Waals surface area contributed by atoms with Crippen molar-refractivity contribution in [2.75, 3.05) is 11.1 Å². The van der Waals surface area contributed by atoms with Gasteiger partial charge in [-0.25, -0.2) is 13.8 Å². The van der Waals surface area contributed by atoms with E-state index in [0.717, 1.165) is 41.5 Å². The molecular formula is C16H17F2N3OS. The molecular weight excluding hydrogens is 320 g/mol. The quantitative estimate of drug-likeness (QED) is 0.843. The predicted octanol–water partition coefficient (Wildman–Crippen LogP) is 3.84. The Bertz CT molecular complexity index is 756. The lowest BCUT2D eigenvalue weighted by Crippen LogP contribution is -2.15. The molecule has 0 radical (unpaired) electrons. The summed E-state index contributed by atoms with van der Waals surface area (Å²) >= 11 is 1.36. The largest absolute Gasteiger partial charge is 0.325 e. The summed E-state index contributed by atoms with van der Waals surface area (Å²) in [5.41, 5.74) is 2.35. The molecule has 1 aliphatic rings. The van der Waals surface area contributed by atoms with E-state index in [-0.39, 0.29) is 17.3 Å². The number of halogens is 2. The summed E-state index contributed by atoms with van der Waals surface area (Å²) in [6.07, 6.45) is 2.29. The molecule has 4 nitrogen and oxygen atoms in total. The third-order valence-electron chi connectivity index (χ3n) is 3.80. The van der Waals surface area contributed by atoms with Crippen LogP contribution in [0.25, 0.3) is 0 Å². The first-order valence-corrected chi connectivity index (χ1v) is 8.37. The van der Waals surface area contributed by atoms with Gasteiger partial charge in [-0.05, 0) is 38.8 Å². The van der Waals surface area contributed by atoms with Crippen LogP contribution in [-0.2, 0) is 4.79 Å². The maximum atomic E-state index is 13.1. The number of imidazole rings is 1. The summed E-state index contributed by atoms with van der Waals surface area (Å²) in [5.74, 6) is -2.02. The molecule has 1 aromatic carbocycles. The Kier molecular flexibility index (Phi) is 4.39. The van der Waals surface area contributed by atoms with Crippen molar-refractivity contribution in [2.24, 2.45) is 0 Å². The van der Waals surface area contributed by atoms with E-state index < -0.39 is 11.6 Å². The number of nitrogens with one attached hydrogen (secondary N) is 1. The number of carbonyl (C=O) groups excluding carboxylic acids is 1. The van der Waals surface area contributed by atoms with Crippen molar-refractivity contribution < 1.29 is 13.6 Å². The SMILES string of the molecule is Cc1nc(SCC(=O)Nc2ccc(F)c(F)c2)n(C2CC2)c1C. The van der Waals surface area contributed by atoms with Gasteiger partial charge in [-0.1, -0.05) is 11.8 Å². The van der Waals surface area contributed by atoms with Crippen molar-refractivity contribution in [2.45, 2.75) is 37.9 Å². The first-order chi connectivity index (χ1) is 11.0. The number of hydrogen-bond donors (Lipinski definition) is 1. The second-order valence-corrected chi connectivity index (χ2v) is 6.57. The zero-order chi connectivity index (χ0) is 16.6. The summed E-state index contributed by atoms with van der Waals surface area (Å²) in [6.45, 7) is 3.99. The number of anilines is 1. The van der Waals surface area contributed by atoms with Crippen LogP contribution in [0.3, 0.4) is 0 Å². The van der Waals surface area contributed by atoms with Crippen LogP contribution in [0.15, 0.2) is 23.4 Å². The number of benzene rings is 1. The maximum absolute atomic E-state index is 13.1. The van der Waals surface area contributed by atoms with E-state index in [1.54, 1.807) is 0 Å². The van der Waals surface area contributed by atoms with Crippen molar-refractivity contribution >= 4 is 23.4 Å². The summed E-state index contributed by atoms with van der Waals surface area (Å²) in [6, 6.07) is 3.79. The lowest BCUT2D eigenvalue weighted by atomic mass is 10.3. The summed E-state index contributed by atoms with van der Waals surface area (Å²) in [5, 5.41) is 3.40. The van der Waals surface area contributed by atoms with Gasteiger partial charge in [-0.3, -0.25) is 4.79 Å². The first-order valence-electron chi connectivity index (χ1n) is 7.39. The topological polar surface area (TPSA) is 46.9 Å². The van der Waals surface area contributed by atoms with Crippen molar-refractivity contribution in [1.29, 1.82) is 0 Å². The Morgan fingerprint density at radius 3 is 2.74 bits per heavy atom. The molecule has 0 saturated heterocycles. The van der Waals surface area contributed by atoms with E-state index in [1.165, 1.54) is 17.8 Å². The minimum absolute atomic E-state index is 0.168. The minimum Gasteiger partial charge on any atom is -0.325 e. The van der Waals surface area contributed by atoms with Gasteiger partial charge in [-0.15, -0.1) is 0 Å². The molecule has 1 heterocycles. The summed E-state index contributed by atoms with van der Waals surface area (Å²) < 4.78 is 28.2. The maximum Gasteiger partial charge on any atom is 0.234 e. The summed E-state index contributed by atoms with van der Waals surface area (Å²) in [4.78, 5) is 16.5. The Balaban J connectivity index is 1.63. The van der Waals surface area contributed by atoms with Gasteiger partial charge in [0.1, 0.15) is 0 Å². The number of rotatable bonds is 5. The lowest BCUT2D eigenvalue weighted by molar-refractivity contribution is -0.113. The van der Waals surface area contributed by atoms with Crippen LogP contribution in [-0.4, -0.2) is 21.2 Å². The normalized spacial score (nSPS) is 14.1. The molecule has 1 N–H and O–H groups in total. The highest BCUT2D eigenvalue weighted by molar-refractivity contribution is 7.99. The molecule has 0 aliphatic heterocycles. The van der Waals surface area contributed by atoms with Crippen LogP contribution >= 0.6 is 11.8 Å². The zero-order valence-electron chi connectivity index (χ0n) is 12.9. The predicted molar refractivity (Wildman–Crippen MR) is 85.7 cm³/mol. The van der Waals surface area contributed by atoms with E-state index in [2.05, 4.69) is 14.9 Å². The molecule has 1 aromatic heterocycles. The highest BCUT2D eigenvalue weighted by atomic mass is 32.2. The van der Waals surface area contributed by atoms with Gasteiger partial charge in [0.15, 0.2) is 16.8 Å². The van der Waals surface area contributed by atoms with Crippen LogP contribution in [0.5, 0.6) is 0 Å². The highest BCUT2D eigenvalue weighted by Gasteiger charge is 2.28. The van der Waals surface area contributed by atoms with E-state index in [4.69, 9.17) is 0 Å². The molecule has 0 bridgehead atoms. The average Bonchev–Trinajstić information content (AvgIpc) is 3.29. The van der Waals surface area contributed by atoms with Gasteiger partial charge < -0.3 is 9.88 Å². The van der Waals surface area contributed by atoms with Crippen LogP contribution in [0, 0.1) is 25.5 Å². The number of nitrogens with zero attached hydrogens (tertiary/aromatic N) is 2. The van der Waals surface area contributed by atoms with Crippen LogP contribution < -0.4 is 5.32 Å². The molecule has 0 unspecified atom stereocenters. The molecule has 0 atom stereocenters. The number of carbonyl (C=O) groups is 1. The van der Waals surface area contributed by atoms with Crippen molar-refractivity contribution in [3.63, 3.8) is 0 Å². The number of aromatic nitrogens is 2.